The van der Waals surface area contributed by atoms with Gasteiger partial charge >= 0.3 is 5.97 Å². The monoisotopic (exact) mass is 353 g/mol. The summed E-state index contributed by atoms with van der Waals surface area (Å²) in [4.78, 5) is 15.6. The SMILES string of the molecule is CCOC(=O)c1cccc2c(=S)cc(-c3ccc(OCC)cc3)[nH]c12. The van der Waals surface area contributed by atoms with Gasteiger partial charge in [0.1, 0.15) is 5.75 Å². The maximum Gasteiger partial charge on any atom is 0.340 e. The lowest BCUT2D eigenvalue weighted by Gasteiger charge is -2.10. The van der Waals surface area contributed by atoms with E-state index in [9.17, 15) is 4.79 Å². The van der Waals surface area contributed by atoms with Crippen molar-refractivity contribution in [3.8, 4) is 17.0 Å². The van der Waals surface area contributed by atoms with Crippen LogP contribution in [0.25, 0.3) is 22.2 Å². The number of aromatic nitrogens is 1. The van der Waals surface area contributed by atoms with Crippen molar-refractivity contribution in [1.82, 2.24) is 4.98 Å². The summed E-state index contributed by atoms with van der Waals surface area (Å²) < 4.78 is 11.3. The minimum Gasteiger partial charge on any atom is -0.494 e. The van der Waals surface area contributed by atoms with Crippen LogP contribution in [-0.2, 0) is 4.74 Å². The van der Waals surface area contributed by atoms with E-state index >= 15 is 0 Å². The quantitative estimate of drug-likeness (QED) is 0.510. The van der Waals surface area contributed by atoms with Crippen LogP contribution in [0.15, 0.2) is 48.5 Å². The second kappa shape index (κ2) is 7.49. The van der Waals surface area contributed by atoms with E-state index in [1.807, 2.05) is 49.4 Å². The molecule has 0 amide bonds. The van der Waals surface area contributed by atoms with Crippen molar-refractivity contribution in [2.45, 2.75) is 13.8 Å². The Hall–Kier alpha value is -2.66. The van der Waals surface area contributed by atoms with Gasteiger partial charge in [0, 0.05) is 15.6 Å². The molecule has 25 heavy (non-hydrogen) atoms. The highest BCUT2D eigenvalue weighted by Gasteiger charge is 2.13. The van der Waals surface area contributed by atoms with Crippen molar-refractivity contribution in [1.29, 1.82) is 0 Å². The third-order valence-corrected chi connectivity index (χ3v) is 4.17. The first kappa shape index (κ1) is 17.2. The highest BCUT2D eigenvalue weighted by atomic mass is 32.1. The Kier molecular flexibility index (Phi) is 5.14. The summed E-state index contributed by atoms with van der Waals surface area (Å²) in [5, 5.41) is 0.829. The molecule has 128 valence electrons. The van der Waals surface area contributed by atoms with Crippen LogP contribution in [0.1, 0.15) is 24.2 Å². The number of para-hydroxylation sites is 1. The normalized spacial score (nSPS) is 10.6. The van der Waals surface area contributed by atoms with Gasteiger partial charge in [0.25, 0.3) is 0 Å². The molecule has 0 spiro atoms. The molecule has 0 aliphatic heterocycles. The van der Waals surface area contributed by atoms with Crippen LogP contribution < -0.4 is 4.74 Å². The van der Waals surface area contributed by atoms with Gasteiger partial charge in [0.15, 0.2) is 0 Å². The summed E-state index contributed by atoms with van der Waals surface area (Å²) in [5.74, 6) is 0.459. The van der Waals surface area contributed by atoms with E-state index in [1.54, 1.807) is 13.0 Å². The van der Waals surface area contributed by atoms with Gasteiger partial charge in [-0.05, 0) is 55.8 Å². The van der Waals surface area contributed by atoms with Gasteiger partial charge in [0.05, 0.1) is 24.3 Å². The number of fused-ring (bicyclic) bond motifs is 1. The molecular formula is C20H19NO3S. The number of H-pyrrole nitrogens is 1. The fraction of sp³-hybridized carbons (Fsp3) is 0.200. The van der Waals surface area contributed by atoms with E-state index < -0.39 is 0 Å². The molecule has 0 atom stereocenters. The fourth-order valence-corrected chi connectivity index (χ4v) is 2.99. The Balaban J connectivity index is 2.12. The number of rotatable bonds is 5. The number of aromatic amines is 1. The standard InChI is InChI=1S/C20H19NO3S/c1-3-23-14-10-8-13(9-11-14)17-12-18(25)15-6-5-7-16(19(15)21-17)20(22)24-4-2/h5-12H,3-4H2,1-2H3,(H,21,25). The number of hydrogen-bond donors (Lipinski definition) is 1. The zero-order valence-corrected chi connectivity index (χ0v) is 15.0. The lowest BCUT2D eigenvalue weighted by molar-refractivity contribution is 0.0528. The Morgan fingerprint density at radius 1 is 1.08 bits per heavy atom. The molecular weight excluding hydrogens is 334 g/mol. The average Bonchev–Trinajstić information content (AvgIpc) is 2.62. The van der Waals surface area contributed by atoms with E-state index in [0.29, 0.717) is 28.8 Å². The number of ether oxygens (including phenoxy) is 2. The average molecular weight is 353 g/mol. The molecule has 0 fully saturated rings. The van der Waals surface area contributed by atoms with Gasteiger partial charge in [0.2, 0.25) is 0 Å². The predicted molar refractivity (Wildman–Crippen MR) is 102 cm³/mol. The fourth-order valence-electron chi connectivity index (χ4n) is 2.70. The molecule has 0 radical (unpaired) electrons. The summed E-state index contributed by atoms with van der Waals surface area (Å²) in [6.45, 7) is 4.69. The van der Waals surface area contributed by atoms with Gasteiger partial charge < -0.3 is 14.5 Å². The lowest BCUT2D eigenvalue weighted by Crippen LogP contribution is -2.06. The molecule has 3 aromatic rings. The number of esters is 1. The number of hydrogen-bond acceptors (Lipinski definition) is 4. The molecule has 0 saturated heterocycles. The van der Waals surface area contributed by atoms with Crippen LogP contribution in [0.4, 0.5) is 0 Å². The minimum absolute atomic E-state index is 0.328. The summed E-state index contributed by atoms with van der Waals surface area (Å²) in [5.41, 5.74) is 2.99. The largest absolute Gasteiger partial charge is 0.494 e. The van der Waals surface area contributed by atoms with Gasteiger partial charge in [-0.2, -0.15) is 0 Å². The molecule has 0 unspecified atom stereocenters. The topological polar surface area (TPSA) is 51.3 Å². The summed E-state index contributed by atoms with van der Waals surface area (Å²) in [7, 11) is 0. The Morgan fingerprint density at radius 3 is 2.52 bits per heavy atom. The molecule has 1 aromatic heterocycles. The number of pyridine rings is 1. The molecule has 1 N–H and O–H groups in total. The second-order valence-corrected chi connectivity index (χ2v) is 5.89. The number of nitrogens with one attached hydrogen (secondary N) is 1. The first-order chi connectivity index (χ1) is 12.1. The second-order valence-electron chi connectivity index (χ2n) is 5.45. The van der Waals surface area contributed by atoms with Crippen LogP contribution in [0.2, 0.25) is 0 Å². The molecule has 1 heterocycles. The summed E-state index contributed by atoms with van der Waals surface area (Å²) in [6.07, 6.45) is 0. The predicted octanol–water partition coefficient (Wildman–Crippen LogP) is 5.14. The van der Waals surface area contributed by atoms with Crippen molar-refractivity contribution in [2.24, 2.45) is 0 Å². The molecule has 0 saturated carbocycles. The van der Waals surface area contributed by atoms with E-state index in [4.69, 9.17) is 21.7 Å². The number of benzene rings is 2. The van der Waals surface area contributed by atoms with E-state index in [2.05, 4.69) is 4.98 Å². The molecule has 0 bridgehead atoms. The number of carbonyl (C=O) groups excluding carboxylic acids is 1. The van der Waals surface area contributed by atoms with Gasteiger partial charge in [-0.1, -0.05) is 24.4 Å². The zero-order valence-electron chi connectivity index (χ0n) is 14.2. The lowest BCUT2D eigenvalue weighted by atomic mass is 10.1. The summed E-state index contributed by atoms with van der Waals surface area (Å²) >= 11 is 5.52. The van der Waals surface area contributed by atoms with E-state index in [-0.39, 0.29) is 5.97 Å². The van der Waals surface area contributed by atoms with Gasteiger partial charge in [-0.25, -0.2) is 4.79 Å². The van der Waals surface area contributed by atoms with Gasteiger partial charge in [-0.15, -0.1) is 0 Å². The van der Waals surface area contributed by atoms with Crippen molar-refractivity contribution in [3.63, 3.8) is 0 Å². The molecule has 2 aromatic carbocycles. The van der Waals surface area contributed by atoms with Crippen LogP contribution >= 0.6 is 12.2 Å². The molecule has 3 rings (SSSR count). The molecule has 0 aliphatic rings. The van der Waals surface area contributed by atoms with Crippen LogP contribution in [0.3, 0.4) is 0 Å². The highest BCUT2D eigenvalue weighted by molar-refractivity contribution is 7.71. The summed E-state index contributed by atoms with van der Waals surface area (Å²) in [6, 6.07) is 15.1. The maximum absolute atomic E-state index is 12.2. The third-order valence-electron chi connectivity index (χ3n) is 3.84. The highest BCUT2D eigenvalue weighted by Crippen LogP contribution is 2.26. The van der Waals surface area contributed by atoms with Crippen molar-refractivity contribution in [3.05, 3.63) is 58.6 Å². The maximum atomic E-state index is 12.2. The van der Waals surface area contributed by atoms with Crippen LogP contribution in [-0.4, -0.2) is 24.2 Å². The Morgan fingerprint density at radius 2 is 1.84 bits per heavy atom. The smallest absolute Gasteiger partial charge is 0.340 e. The molecule has 4 nitrogen and oxygen atoms in total. The zero-order chi connectivity index (χ0) is 17.8. The minimum atomic E-state index is -0.359. The van der Waals surface area contributed by atoms with E-state index in [0.717, 1.165) is 22.4 Å². The van der Waals surface area contributed by atoms with E-state index in [1.165, 1.54) is 0 Å². The van der Waals surface area contributed by atoms with Crippen LogP contribution in [0, 0.1) is 4.51 Å². The molecule has 0 aliphatic carbocycles. The van der Waals surface area contributed by atoms with Crippen LogP contribution in [0.5, 0.6) is 5.75 Å². The number of carbonyl (C=O) groups is 1. The first-order valence-corrected chi connectivity index (χ1v) is 8.61. The Bertz CT molecular complexity index is 961. The van der Waals surface area contributed by atoms with Gasteiger partial charge in [-0.3, -0.25) is 0 Å². The third kappa shape index (κ3) is 3.56. The first-order valence-electron chi connectivity index (χ1n) is 8.20. The Labute approximate surface area is 151 Å². The van der Waals surface area contributed by atoms with Crippen molar-refractivity contribution in [2.75, 3.05) is 13.2 Å². The van der Waals surface area contributed by atoms with Crippen molar-refractivity contribution >= 4 is 29.1 Å². The van der Waals surface area contributed by atoms with Crippen molar-refractivity contribution < 1.29 is 14.3 Å². The molecule has 5 heteroatoms.